The van der Waals surface area contributed by atoms with Gasteiger partial charge in [0.25, 0.3) is 0 Å². The Labute approximate surface area is 165 Å². The predicted octanol–water partition coefficient (Wildman–Crippen LogP) is 2.77. The first-order valence-corrected chi connectivity index (χ1v) is 10.6. The molecule has 1 heterocycles. The van der Waals surface area contributed by atoms with Crippen LogP contribution >= 0.6 is 0 Å². The summed E-state index contributed by atoms with van der Waals surface area (Å²) in [5.41, 5.74) is 2.80. The summed E-state index contributed by atoms with van der Waals surface area (Å²) >= 11 is 0. The number of aryl methyl sites for hydroxylation is 1. The number of fused-ring (bicyclic) bond motifs is 1. The molecule has 1 aliphatic heterocycles. The monoisotopic (exact) mass is 404 g/mol. The molecule has 0 radical (unpaired) electrons. The molecule has 0 bridgehead atoms. The van der Waals surface area contributed by atoms with Gasteiger partial charge in [0.2, 0.25) is 15.9 Å². The summed E-state index contributed by atoms with van der Waals surface area (Å²) in [6.45, 7) is 4.90. The average molecular weight is 404 g/mol. The number of hydrogen-bond acceptors (Lipinski definition) is 5. The van der Waals surface area contributed by atoms with E-state index in [4.69, 9.17) is 9.47 Å². The molecule has 2 aromatic rings. The minimum atomic E-state index is -3.75. The van der Waals surface area contributed by atoms with Crippen molar-refractivity contribution in [1.82, 2.24) is 4.72 Å². The Hall–Kier alpha value is -2.58. The van der Waals surface area contributed by atoms with Gasteiger partial charge in [-0.1, -0.05) is 12.1 Å². The molecule has 0 fully saturated rings. The molecule has 0 unspecified atom stereocenters. The fourth-order valence-electron chi connectivity index (χ4n) is 2.79. The van der Waals surface area contributed by atoms with Crippen molar-refractivity contribution < 1.29 is 22.7 Å². The van der Waals surface area contributed by atoms with Gasteiger partial charge in [0.05, 0.1) is 18.1 Å². The van der Waals surface area contributed by atoms with Gasteiger partial charge in [-0.15, -0.1) is 0 Å². The third-order valence-corrected chi connectivity index (χ3v) is 6.01. The molecular weight excluding hydrogens is 380 g/mol. The number of hydrogen-bond donors (Lipinski definition) is 2. The minimum Gasteiger partial charge on any atom is -0.490 e. The maximum Gasteiger partial charge on any atom is 0.240 e. The van der Waals surface area contributed by atoms with E-state index in [1.54, 1.807) is 6.07 Å². The number of carbonyl (C=O) groups is 1. The Bertz CT molecular complexity index is 973. The zero-order valence-electron chi connectivity index (χ0n) is 15.9. The highest BCUT2D eigenvalue weighted by molar-refractivity contribution is 7.89. The lowest BCUT2D eigenvalue weighted by atomic mass is 10.1. The van der Waals surface area contributed by atoms with Gasteiger partial charge in [0, 0.05) is 31.1 Å². The van der Waals surface area contributed by atoms with E-state index in [2.05, 4.69) is 10.0 Å². The van der Waals surface area contributed by atoms with Crippen molar-refractivity contribution in [2.75, 3.05) is 25.1 Å². The maximum absolute atomic E-state index is 12.5. The van der Waals surface area contributed by atoms with Gasteiger partial charge in [0.15, 0.2) is 11.5 Å². The Kier molecular flexibility index (Phi) is 6.21. The second-order valence-electron chi connectivity index (χ2n) is 6.60. The Morgan fingerprint density at radius 2 is 1.82 bits per heavy atom. The number of ether oxygens (including phenoxy) is 2. The summed E-state index contributed by atoms with van der Waals surface area (Å²) < 4.78 is 38.5. The lowest BCUT2D eigenvalue weighted by Crippen LogP contribution is -2.28. The number of sulfonamides is 1. The molecule has 1 aliphatic rings. The molecule has 150 valence electrons. The average Bonchev–Trinajstić information content (AvgIpc) is 2.90. The third kappa shape index (κ3) is 4.82. The van der Waals surface area contributed by atoms with Crippen LogP contribution in [-0.2, 0) is 14.8 Å². The van der Waals surface area contributed by atoms with Crippen molar-refractivity contribution in [3.8, 4) is 11.5 Å². The van der Waals surface area contributed by atoms with Gasteiger partial charge in [0.1, 0.15) is 0 Å². The number of benzene rings is 2. The van der Waals surface area contributed by atoms with Crippen molar-refractivity contribution in [3.05, 3.63) is 47.5 Å². The molecule has 0 spiro atoms. The van der Waals surface area contributed by atoms with E-state index in [1.165, 1.54) is 12.1 Å². The van der Waals surface area contributed by atoms with Gasteiger partial charge in [-0.05, 0) is 43.2 Å². The summed E-state index contributed by atoms with van der Waals surface area (Å²) in [5, 5.41) is 2.81. The highest BCUT2D eigenvalue weighted by Crippen LogP contribution is 2.31. The van der Waals surface area contributed by atoms with E-state index >= 15 is 0 Å². The molecule has 2 N–H and O–H groups in total. The van der Waals surface area contributed by atoms with Crippen LogP contribution in [-0.4, -0.2) is 34.1 Å². The fraction of sp³-hybridized carbons (Fsp3) is 0.350. The quantitative estimate of drug-likeness (QED) is 0.772. The summed E-state index contributed by atoms with van der Waals surface area (Å²) in [7, 11) is -3.75. The molecular formula is C20H24N2O5S. The molecule has 0 saturated heterocycles. The van der Waals surface area contributed by atoms with Crippen LogP contribution in [0, 0.1) is 13.8 Å². The lowest BCUT2D eigenvalue weighted by Gasteiger charge is -2.12. The van der Waals surface area contributed by atoms with Crippen molar-refractivity contribution >= 4 is 21.6 Å². The second kappa shape index (κ2) is 8.62. The van der Waals surface area contributed by atoms with Crippen molar-refractivity contribution in [2.45, 2.75) is 31.6 Å². The molecule has 0 saturated carbocycles. The number of rotatable bonds is 6. The molecule has 7 nitrogen and oxygen atoms in total. The van der Waals surface area contributed by atoms with E-state index in [9.17, 15) is 13.2 Å². The molecule has 3 rings (SSSR count). The summed E-state index contributed by atoms with van der Waals surface area (Å²) in [6.07, 6.45) is 0.766. The van der Waals surface area contributed by atoms with E-state index in [0.717, 1.165) is 23.2 Å². The van der Waals surface area contributed by atoms with E-state index in [0.29, 0.717) is 24.7 Å². The third-order valence-electron chi connectivity index (χ3n) is 4.55. The van der Waals surface area contributed by atoms with Crippen LogP contribution in [0.2, 0.25) is 0 Å². The maximum atomic E-state index is 12.5. The molecule has 0 aliphatic carbocycles. The standard InChI is InChI=1S/C20H24N2O5S/c1-14-5-3-6-17(15(14)2)22-20(23)9-10-21-28(24,25)16-7-8-18-19(13-16)27-12-4-11-26-18/h3,5-8,13,21H,4,9-12H2,1-2H3,(H,22,23). The first-order valence-electron chi connectivity index (χ1n) is 9.12. The van der Waals surface area contributed by atoms with Crippen LogP contribution in [0.25, 0.3) is 0 Å². The molecule has 0 atom stereocenters. The number of carbonyl (C=O) groups excluding carboxylic acids is 1. The van der Waals surface area contributed by atoms with Gasteiger partial charge in [-0.2, -0.15) is 0 Å². The Morgan fingerprint density at radius 1 is 1.07 bits per heavy atom. The van der Waals surface area contributed by atoms with E-state index < -0.39 is 10.0 Å². The van der Waals surface area contributed by atoms with E-state index in [1.807, 2.05) is 32.0 Å². The molecule has 2 aromatic carbocycles. The van der Waals surface area contributed by atoms with Crippen molar-refractivity contribution in [2.24, 2.45) is 0 Å². The molecule has 28 heavy (non-hydrogen) atoms. The lowest BCUT2D eigenvalue weighted by molar-refractivity contribution is -0.116. The first-order chi connectivity index (χ1) is 13.4. The highest BCUT2D eigenvalue weighted by atomic mass is 32.2. The molecule has 8 heteroatoms. The summed E-state index contributed by atoms with van der Waals surface area (Å²) in [5.74, 6) is 0.687. The fourth-order valence-corrected chi connectivity index (χ4v) is 3.84. The van der Waals surface area contributed by atoms with Crippen LogP contribution in [0.3, 0.4) is 0 Å². The van der Waals surface area contributed by atoms with Crippen molar-refractivity contribution in [3.63, 3.8) is 0 Å². The SMILES string of the molecule is Cc1cccc(NC(=O)CCNS(=O)(=O)c2ccc3c(c2)OCCCO3)c1C. The number of amides is 1. The number of nitrogens with one attached hydrogen (secondary N) is 2. The summed E-state index contributed by atoms with van der Waals surface area (Å²) in [6, 6.07) is 10.1. The molecule has 1 amide bonds. The number of anilines is 1. The van der Waals surface area contributed by atoms with Crippen LogP contribution in [0.15, 0.2) is 41.3 Å². The van der Waals surface area contributed by atoms with Crippen LogP contribution in [0.1, 0.15) is 24.0 Å². The first kappa shape index (κ1) is 20.2. The van der Waals surface area contributed by atoms with Gasteiger partial charge in [-0.25, -0.2) is 13.1 Å². The Morgan fingerprint density at radius 3 is 2.61 bits per heavy atom. The smallest absolute Gasteiger partial charge is 0.240 e. The van der Waals surface area contributed by atoms with Crippen LogP contribution in [0.4, 0.5) is 5.69 Å². The predicted molar refractivity (Wildman–Crippen MR) is 106 cm³/mol. The Balaban J connectivity index is 1.58. The van der Waals surface area contributed by atoms with Gasteiger partial charge < -0.3 is 14.8 Å². The topological polar surface area (TPSA) is 93.7 Å². The highest BCUT2D eigenvalue weighted by Gasteiger charge is 2.19. The normalized spacial score (nSPS) is 13.6. The van der Waals surface area contributed by atoms with Crippen LogP contribution in [0.5, 0.6) is 11.5 Å². The zero-order valence-corrected chi connectivity index (χ0v) is 16.8. The zero-order chi connectivity index (χ0) is 20.1. The van der Waals surface area contributed by atoms with Gasteiger partial charge in [-0.3, -0.25) is 4.79 Å². The summed E-state index contributed by atoms with van der Waals surface area (Å²) in [4.78, 5) is 12.2. The van der Waals surface area contributed by atoms with Crippen molar-refractivity contribution in [1.29, 1.82) is 0 Å². The minimum absolute atomic E-state index is 0.00648. The largest absolute Gasteiger partial charge is 0.490 e. The van der Waals surface area contributed by atoms with E-state index in [-0.39, 0.29) is 23.8 Å². The second-order valence-corrected chi connectivity index (χ2v) is 8.37. The van der Waals surface area contributed by atoms with Gasteiger partial charge >= 0.3 is 0 Å². The molecule has 0 aromatic heterocycles. The van der Waals surface area contributed by atoms with Crippen LogP contribution < -0.4 is 19.5 Å².